The van der Waals surface area contributed by atoms with Crippen LogP contribution in [0.5, 0.6) is 0 Å². The molecule has 0 radical (unpaired) electrons. The van der Waals surface area contributed by atoms with Gasteiger partial charge in [0.1, 0.15) is 0 Å². The van der Waals surface area contributed by atoms with Crippen molar-refractivity contribution in [3.05, 3.63) is 12.2 Å². The predicted molar refractivity (Wildman–Crippen MR) is 44.3 cm³/mol. The Morgan fingerprint density at radius 2 is 2.55 bits per heavy atom. The smallest absolute Gasteiger partial charge is 0.159 e. The Morgan fingerprint density at radius 1 is 1.73 bits per heavy atom. The van der Waals surface area contributed by atoms with Gasteiger partial charge in [-0.2, -0.15) is 0 Å². The zero-order valence-corrected chi connectivity index (χ0v) is 7.34. The molecule has 1 saturated heterocycles. The third-order valence-electron chi connectivity index (χ3n) is 2.49. The number of rotatable bonds is 1. The summed E-state index contributed by atoms with van der Waals surface area (Å²) in [5.74, 6) is 0.501. The SMILES string of the molecule is CC[C@H]1[C@@H]2CC=C[C@@H]2OS1=O. The van der Waals surface area contributed by atoms with Crippen LogP contribution < -0.4 is 0 Å². The van der Waals surface area contributed by atoms with E-state index in [2.05, 4.69) is 13.0 Å². The maximum atomic E-state index is 11.3. The van der Waals surface area contributed by atoms with E-state index >= 15 is 0 Å². The maximum Gasteiger partial charge on any atom is 0.159 e. The Kier molecular flexibility index (Phi) is 1.85. The number of hydrogen-bond donors (Lipinski definition) is 0. The maximum absolute atomic E-state index is 11.3. The summed E-state index contributed by atoms with van der Waals surface area (Å²) in [5, 5.41) is 0.273. The van der Waals surface area contributed by atoms with Crippen LogP contribution >= 0.6 is 0 Å². The van der Waals surface area contributed by atoms with Crippen molar-refractivity contribution in [1.29, 1.82) is 0 Å². The Labute approximate surface area is 69.3 Å². The molecule has 0 aromatic carbocycles. The van der Waals surface area contributed by atoms with Crippen molar-refractivity contribution in [2.75, 3.05) is 0 Å². The first-order chi connectivity index (χ1) is 5.33. The van der Waals surface area contributed by atoms with Gasteiger partial charge in [-0.15, -0.1) is 0 Å². The first-order valence-corrected chi connectivity index (χ1v) is 5.21. The van der Waals surface area contributed by atoms with E-state index < -0.39 is 11.1 Å². The molecule has 1 aliphatic heterocycles. The molecular formula is C8H12O2S. The highest BCUT2D eigenvalue weighted by Crippen LogP contribution is 2.36. The van der Waals surface area contributed by atoms with Crippen molar-refractivity contribution >= 4 is 11.1 Å². The van der Waals surface area contributed by atoms with E-state index in [0.717, 1.165) is 12.8 Å². The van der Waals surface area contributed by atoms with Gasteiger partial charge in [0.05, 0.1) is 11.4 Å². The van der Waals surface area contributed by atoms with Crippen LogP contribution in [0.1, 0.15) is 19.8 Å². The third-order valence-corrected chi connectivity index (χ3v) is 4.08. The number of hydrogen-bond acceptors (Lipinski definition) is 2. The molecule has 4 atom stereocenters. The lowest BCUT2D eigenvalue weighted by atomic mass is 9.99. The van der Waals surface area contributed by atoms with E-state index in [1.54, 1.807) is 0 Å². The number of allylic oxidation sites excluding steroid dienone is 1. The molecule has 62 valence electrons. The molecule has 2 rings (SSSR count). The van der Waals surface area contributed by atoms with Gasteiger partial charge in [-0.05, 0) is 12.8 Å². The third kappa shape index (κ3) is 1.07. The normalized spacial score (nSPS) is 48.1. The molecule has 11 heavy (non-hydrogen) atoms. The minimum Gasteiger partial charge on any atom is -0.282 e. The predicted octanol–water partition coefficient (Wildman–Crippen LogP) is 1.40. The van der Waals surface area contributed by atoms with Gasteiger partial charge in [-0.25, -0.2) is 4.21 Å². The summed E-state index contributed by atoms with van der Waals surface area (Å²) in [6, 6.07) is 0. The van der Waals surface area contributed by atoms with Gasteiger partial charge >= 0.3 is 0 Å². The summed E-state index contributed by atoms with van der Waals surface area (Å²) in [6.45, 7) is 2.08. The van der Waals surface area contributed by atoms with Crippen LogP contribution in [0.25, 0.3) is 0 Å². The molecular weight excluding hydrogens is 160 g/mol. The molecule has 3 heteroatoms. The Hall–Kier alpha value is -0.150. The summed E-state index contributed by atoms with van der Waals surface area (Å²) in [7, 11) is 0. The molecule has 0 spiro atoms. The summed E-state index contributed by atoms with van der Waals surface area (Å²) < 4.78 is 16.5. The second-order valence-corrected chi connectivity index (χ2v) is 4.41. The van der Waals surface area contributed by atoms with Crippen molar-refractivity contribution in [2.45, 2.75) is 31.1 Å². The lowest BCUT2D eigenvalue weighted by molar-refractivity contribution is 0.254. The molecule has 1 unspecified atom stereocenters. The largest absolute Gasteiger partial charge is 0.282 e. The second-order valence-electron chi connectivity index (χ2n) is 3.10. The zero-order chi connectivity index (χ0) is 7.84. The van der Waals surface area contributed by atoms with E-state index in [1.807, 2.05) is 6.08 Å². The fourth-order valence-electron chi connectivity index (χ4n) is 1.88. The van der Waals surface area contributed by atoms with Gasteiger partial charge in [0.15, 0.2) is 11.1 Å². The van der Waals surface area contributed by atoms with Gasteiger partial charge < -0.3 is 0 Å². The first-order valence-electron chi connectivity index (χ1n) is 4.07. The van der Waals surface area contributed by atoms with E-state index in [0.29, 0.717) is 5.92 Å². The minimum absolute atomic E-state index is 0.154. The molecule has 0 amide bonds. The highest BCUT2D eigenvalue weighted by molar-refractivity contribution is 7.81. The van der Waals surface area contributed by atoms with Crippen LogP contribution in [0, 0.1) is 5.92 Å². The summed E-state index contributed by atoms with van der Waals surface area (Å²) in [4.78, 5) is 0. The monoisotopic (exact) mass is 172 g/mol. The highest BCUT2D eigenvalue weighted by atomic mass is 32.2. The summed E-state index contributed by atoms with van der Waals surface area (Å²) in [6.07, 6.45) is 6.34. The van der Waals surface area contributed by atoms with Gasteiger partial charge in [-0.1, -0.05) is 19.1 Å². The fourth-order valence-corrected chi connectivity index (χ4v) is 3.27. The molecule has 1 aliphatic carbocycles. The van der Waals surface area contributed by atoms with Gasteiger partial charge in [0.25, 0.3) is 0 Å². The van der Waals surface area contributed by atoms with Crippen LogP contribution in [0.2, 0.25) is 0 Å². The Bertz CT molecular complexity index is 212. The quantitative estimate of drug-likeness (QED) is 0.559. The van der Waals surface area contributed by atoms with Crippen molar-refractivity contribution in [1.82, 2.24) is 0 Å². The van der Waals surface area contributed by atoms with Crippen molar-refractivity contribution in [3.63, 3.8) is 0 Å². The number of fused-ring (bicyclic) bond motifs is 1. The molecule has 0 aromatic heterocycles. The second kappa shape index (κ2) is 2.72. The Balaban J connectivity index is 2.17. The highest BCUT2D eigenvalue weighted by Gasteiger charge is 2.42. The molecule has 0 N–H and O–H groups in total. The topological polar surface area (TPSA) is 26.3 Å². The van der Waals surface area contributed by atoms with Gasteiger partial charge in [-0.3, -0.25) is 4.18 Å². The molecule has 0 saturated carbocycles. The standard InChI is InChI=1S/C8H12O2S/c1-2-8-6-4-3-5-7(6)10-11(8)9/h3,5-8H,2,4H2,1H3/t6-,7+,8+,11?/m1/s1. The van der Waals surface area contributed by atoms with Crippen molar-refractivity contribution < 1.29 is 8.39 Å². The van der Waals surface area contributed by atoms with E-state index in [9.17, 15) is 4.21 Å². The molecule has 2 nitrogen and oxygen atoms in total. The van der Waals surface area contributed by atoms with Crippen LogP contribution in [0.4, 0.5) is 0 Å². The average molecular weight is 172 g/mol. The first kappa shape index (κ1) is 7.50. The van der Waals surface area contributed by atoms with E-state index in [1.165, 1.54) is 0 Å². The summed E-state index contributed by atoms with van der Waals surface area (Å²) in [5.41, 5.74) is 0. The van der Waals surface area contributed by atoms with Gasteiger partial charge in [0, 0.05) is 5.92 Å². The molecule has 0 bridgehead atoms. The van der Waals surface area contributed by atoms with Crippen LogP contribution in [-0.2, 0) is 15.3 Å². The molecule has 1 heterocycles. The van der Waals surface area contributed by atoms with E-state index in [-0.39, 0.29) is 11.4 Å². The van der Waals surface area contributed by atoms with Gasteiger partial charge in [0.2, 0.25) is 0 Å². The van der Waals surface area contributed by atoms with Crippen LogP contribution in [-0.4, -0.2) is 15.6 Å². The minimum atomic E-state index is -1.02. The zero-order valence-electron chi connectivity index (χ0n) is 6.53. The fraction of sp³-hybridized carbons (Fsp3) is 0.750. The average Bonchev–Trinajstić information content (AvgIpc) is 2.46. The lowest BCUT2D eigenvalue weighted by Crippen LogP contribution is -2.18. The molecule has 1 fully saturated rings. The Morgan fingerprint density at radius 3 is 3.27 bits per heavy atom. The molecule has 2 aliphatic rings. The van der Waals surface area contributed by atoms with Crippen LogP contribution in [0.3, 0.4) is 0 Å². The van der Waals surface area contributed by atoms with Crippen LogP contribution in [0.15, 0.2) is 12.2 Å². The van der Waals surface area contributed by atoms with Crippen molar-refractivity contribution in [2.24, 2.45) is 5.92 Å². The lowest BCUT2D eigenvalue weighted by Gasteiger charge is -2.10. The van der Waals surface area contributed by atoms with E-state index in [4.69, 9.17) is 4.18 Å². The molecule has 0 aromatic rings. The van der Waals surface area contributed by atoms with Crippen molar-refractivity contribution in [3.8, 4) is 0 Å². The summed E-state index contributed by atoms with van der Waals surface area (Å²) >= 11 is -1.02.